The van der Waals surface area contributed by atoms with E-state index in [1.165, 1.54) is 12.1 Å². The number of aromatic hydroxyl groups is 1. The summed E-state index contributed by atoms with van der Waals surface area (Å²) in [4.78, 5) is 0. The van der Waals surface area contributed by atoms with Gasteiger partial charge in [-0.2, -0.15) is 0 Å². The van der Waals surface area contributed by atoms with Crippen LogP contribution in [0.4, 0.5) is 4.39 Å². The lowest BCUT2D eigenvalue weighted by Gasteiger charge is -2.30. The molecule has 0 amide bonds. The van der Waals surface area contributed by atoms with Crippen LogP contribution in [0.2, 0.25) is 0 Å². The summed E-state index contributed by atoms with van der Waals surface area (Å²) < 4.78 is 13.6. The van der Waals surface area contributed by atoms with Crippen molar-refractivity contribution in [2.45, 2.75) is 38.0 Å². The molecule has 1 fully saturated rings. The molecule has 0 aliphatic heterocycles. The second-order valence-electron chi connectivity index (χ2n) is 4.76. The van der Waals surface area contributed by atoms with Gasteiger partial charge in [-0.1, -0.05) is 12.8 Å². The Bertz CT molecular complexity index is 397. The Balaban J connectivity index is 2.57. The average Bonchev–Trinajstić information content (AvgIpc) is 2.74. The molecule has 0 heterocycles. The van der Waals surface area contributed by atoms with Crippen LogP contribution >= 0.6 is 0 Å². The van der Waals surface area contributed by atoms with Gasteiger partial charge in [-0.05, 0) is 37.5 Å². The molecule has 0 radical (unpaired) electrons. The van der Waals surface area contributed by atoms with Crippen LogP contribution in [0.25, 0.3) is 0 Å². The highest BCUT2D eigenvalue weighted by atomic mass is 19.1. The summed E-state index contributed by atoms with van der Waals surface area (Å²) in [6.07, 6.45) is 4.10. The SMILES string of the molecule is Cc1c(F)ccc(O)c1C1(CN)CCCC1. The summed E-state index contributed by atoms with van der Waals surface area (Å²) in [5, 5.41) is 9.95. The van der Waals surface area contributed by atoms with Gasteiger partial charge in [0.2, 0.25) is 0 Å². The minimum Gasteiger partial charge on any atom is -0.508 e. The molecule has 0 spiro atoms. The Kier molecular flexibility index (Phi) is 2.89. The number of phenols is 1. The van der Waals surface area contributed by atoms with Gasteiger partial charge in [-0.3, -0.25) is 0 Å². The number of halogens is 1. The lowest BCUT2D eigenvalue weighted by atomic mass is 9.76. The Morgan fingerprint density at radius 2 is 2.00 bits per heavy atom. The van der Waals surface area contributed by atoms with Crippen LogP contribution in [-0.2, 0) is 5.41 Å². The third kappa shape index (κ3) is 1.59. The van der Waals surface area contributed by atoms with Crippen LogP contribution in [0.1, 0.15) is 36.8 Å². The van der Waals surface area contributed by atoms with Crippen molar-refractivity contribution < 1.29 is 9.50 Å². The van der Waals surface area contributed by atoms with Crippen LogP contribution < -0.4 is 5.73 Å². The van der Waals surface area contributed by atoms with E-state index >= 15 is 0 Å². The number of rotatable bonds is 2. The number of hydrogen-bond donors (Lipinski definition) is 2. The van der Waals surface area contributed by atoms with Crippen LogP contribution in [0.15, 0.2) is 12.1 Å². The van der Waals surface area contributed by atoms with Crippen molar-refractivity contribution in [2.75, 3.05) is 6.54 Å². The van der Waals surface area contributed by atoms with E-state index in [1.807, 2.05) is 0 Å². The smallest absolute Gasteiger partial charge is 0.126 e. The third-order valence-corrected chi connectivity index (χ3v) is 3.86. The maximum Gasteiger partial charge on any atom is 0.126 e. The number of nitrogens with two attached hydrogens (primary N) is 1. The third-order valence-electron chi connectivity index (χ3n) is 3.86. The molecule has 1 aromatic carbocycles. The number of phenolic OH excluding ortho intramolecular Hbond substituents is 1. The molecular weight excluding hydrogens is 205 g/mol. The molecule has 0 atom stereocenters. The van der Waals surface area contributed by atoms with Crippen molar-refractivity contribution in [3.8, 4) is 5.75 Å². The largest absolute Gasteiger partial charge is 0.508 e. The molecule has 1 aliphatic rings. The highest BCUT2D eigenvalue weighted by molar-refractivity contribution is 5.46. The van der Waals surface area contributed by atoms with E-state index in [1.54, 1.807) is 6.92 Å². The highest BCUT2D eigenvalue weighted by Gasteiger charge is 2.38. The summed E-state index contributed by atoms with van der Waals surface area (Å²) in [6.45, 7) is 2.20. The lowest BCUT2D eigenvalue weighted by molar-refractivity contribution is 0.399. The van der Waals surface area contributed by atoms with E-state index in [0.717, 1.165) is 31.2 Å². The predicted octanol–water partition coefficient (Wildman–Crippen LogP) is 2.61. The van der Waals surface area contributed by atoms with Crippen molar-refractivity contribution in [1.29, 1.82) is 0 Å². The van der Waals surface area contributed by atoms with Crippen molar-refractivity contribution in [3.05, 3.63) is 29.1 Å². The van der Waals surface area contributed by atoms with Crippen molar-refractivity contribution in [1.82, 2.24) is 0 Å². The van der Waals surface area contributed by atoms with E-state index in [9.17, 15) is 9.50 Å². The predicted molar refractivity (Wildman–Crippen MR) is 62.0 cm³/mol. The molecule has 1 saturated carbocycles. The summed E-state index contributed by atoms with van der Waals surface area (Å²) in [5.41, 5.74) is 6.92. The van der Waals surface area contributed by atoms with Gasteiger partial charge in [0.05, 0.1) is 0 Å². The summed E-state index contributed by atoms with van der Waals surface area (Å²) in [7, 11) is 0. The van der Waals surface area contributed by atoms with Gasteiger partial charge < -0.3 is 10.8 Å². The topological polar surface area (TPSA) is 46.2 Å². The zero-order valence-corrected chi connectivity index (χ0v) is 9.59. The summed E-state index contributed by atoms with van der Waals surface area (Å²) >= 11 is 0. The molecule has 0 unspecified atom stereocenters. The van der Waals surface area contributed by atoms with Gasteiger partial charge >= 0.3 is 0 Å². The average molecular weight is 223 g/mol. The molecule has 3 heteroatoms. The first kappa shape index (κ1) is 11.4. The van der Waals surface area contributed by atoms with Crippen LogP contribution in [0.3, 0.4) is 0 Å². The monoisotopic (exact) mass is 223 g/mol. The van der Waals surface area contributed by atoms with E-state index in [2.05, 4.69) is 0 Å². The van der Waals surface area contributed by atoms with E-state index in [-0.39, 0.29) is 17.0 Å². The van der Waals surface area contributed by atoms with Crippen LogP contribution in [0, 0.1) is 12.7 Å². The minimum atomic E-state index is -0.257. The fourth-order valence-electron chi connectivity index (χ4n) is 2.95. The molecular formula is C13H18FNO. The number of hydrogen-bond acceptors (Lipinski definition) is 2. The van der Waals surface area contributed by atoms with Crippen LogP contribution in [0.5, 0.6) is 5.75 Å². The molecule has 0 bridgehead atoms. The molecule has 0 aromatic heterocycles. The normalized spacial score (nSPS) is 18.9. The van der Waals surface area contributed by atoms with Gasteiger partial charge in [-0.25, -0.2) is 4.39 Å². The van der Waals surface area contributed by atoms with Gasteiger partial charge in [0.1, 0.15) is 11.6 Å². The van der Waals surface area contributed by atoms with E-state index < -0.39 is 0 Å². The molecule has 88 valence electrons. The standard InChI is InChI=1S/C13H18FNO/c1-9-10(14)4-5-11(16)12(9)13(8-15)6-2-3-7-13/h4-5,16H,2-3,6-8,15H2,1H3. The van der Waals surface area contributed by atoms with Gasteiger partial charge in [0, 0.05) is 17.5 Å². The Morgan fingerprint density at radius 1 is 1.38 bits per heavy atom. The molecule has 1 aliphatic carbocycles. The van der Waals surface area contributed by atoms with E-state index in [4.69, 9.17) is 5.73 Å². The first-order valence-corrected chi connectivity index (χ1v) is 5.79. The lowest BCUT2D eigenvalue weighted by Crippen LogP contribution is -2.33. The van der Waals surface area contributed by atoms with Gasteiger partial charge in [-0.15, -0.1) is 0 Å². The van der Waals surface area contributed by atoms with Gasteiger partial charge in [0.15, 0.2) is 0 Å². The number of benzene rings is 1. The molecule has 0 saturated heterocycles. The Hall–Kier alpha value is -1.09. The second-order valence-corrected chi connectivity index (χ2v) is 4.76. The zero-order chi connectivity index (χ0) is 11.8. The summed E-state index contributed by atoms with van der Waals surface area (Å²) in [5.74, 6) is -0.0706. The maximum absolute atomic E-state index is 13.6. The first-order valence-electron chi connectivity index (χ1n) is 5.79. The highest BCUT2D eigenvalue weighted by Crippen LogP contribution is 2.45. The van der Waals surface area contributed by atoms with Gasteiger partial charge in [0.25, 0.3) is 0 Å². The summed E-state index contributed by atoms with van der Waals surface area (Å²) in [6, 6.07) is 2.75. The Morgan fingerprint density at radius 3 is 2.56 bits per heavy atom. The van der Waals surface area contributed by atoms with Crippen molar-refractivity contribution >= 4 is 0 Å². The van der Waals surface area contributed by atoms with Crippen molar-refractivity contribution in [3.63, 3.8) is 0 Å². The van der Waals surface area contributed by atoms with Crippen molar-refractivity contribution in [2.24, 2.45) is 5.73 Å². The molecule has 2 nitrogen and oxygen atoms in total. The molecule has 16 heavy (non-hydrogen) atoms. The molecule has 1 aromatic rings. The quantitative estimate of drug-likeness (QED) is 0.809. The second kappa shape index (κ2) is 4.06. The Labute approximate surface area is 95.3 Å². The minimum absolute atomic E-state index is 0.186. The van der Waals surface area contributed by atoms with Crippen LogP contribution in [-0.4, -0.2) is 11.7 Å². The zero-order valence-electron chi connectivity index (χ0n) is 9.59. The molecule has 3 N–H and O–H groups in total. The van der Waals surface area contributed by atoms with E-state index in [0.29, 0.717) is 12.1 Å². The maximum atomic E-state index is 13.6. The first-order chi connectivity index (χ1) is 7.60. The fourth-order valence-corrected chi connectivity index (χ4v) is 2.95. The molecule has 2 rings (SSSR count). The fraction of sp³-hybridized carbons (Fsp3) is 0.538.